The first-order chi connectivity index (χ1) is 9.86. The topological polar surface area (TPSA) is 71.0 Å². The van der Waals surface area contributed by atoms with E-state index in [2.05, 4.69) is 15.2 Å². The molecule has 0 aromatic carbocycles. The lowest BCUT2D eigenvalue weighted by molar-refractivity contribution is 0.117. The van der Waals surface area contributed by atoms with Gasteiger partial charge in [0.2, 0.25) is 0 Å². The second kappa shape index (κ2) is 8.14. The third kappa shape index (κ3) is 4.70. The van der Waals surface area contributed by atoms with E-state index in [0.717, 1.165) is 32.0 Å². The molecule has 0 aromatic rings. The molecule has 2 rings (SSSR count). The number of nitrogens with zero attached hydrogens (tertiary/aromatic N) is 2. The van der Waals surface area contributed by atoms with E-state index in [4.69, 9.17) is 4.74 Å². The fraction of sp³-hybridized carbons (Fsp3) is 0.929. The van der Waals surface area contributed by atoms with Crippen LogP contribution in [0, 0.1) is 0 Å². The van der Waals surface area contributed by atoms with E-state index in [1.165, 1.54) is 0 Å². The van der Waals surface area contributed by atoms with Gasteiger partial charge in [0, 0.05) is 26.2 Å². The van der Waals surface area contributed by atoms with Gasteiger partial charge >= 0.3 is 0 Å². The molecule has 0 saturated carbocycles. The van der Waals surface area contributed by atoms with Crippen molar-refractivity contribution in [3.8, 4) is 0 Å². The average Bonchev–Trinajstić information content (AvgIpc) is 2.91. The summed E-state index contributed by atoms with van der Waals surface area (Å²) in [5.41, 5.74) is 0. The van der Waals surface area contributed by atoms with Crippen molar-refractivity contribution in [2.24, 2.45) is 4.99 Å². The molecule has 0 aromatic heterocycles. The Balaban J connectivity index is 0.00000242. The van der Waals surface area contributed by atoms with Gasteiger partial charge < -0.3 is 15.0 Å². The summed E-state index contributed by atoms with van der Waals surface area (Å²) in [6.07, 6.45) is 2.37. The molecule has 2 heterocycles. The minimum atomic E-state index is -3.02. The van der Waals surface area contributed by atoms with Gasteiger partial charge in [-0.3, -0.25) is 4.99 Å². The molecule has 0 radical (unpaired) electrons. The van der Waals surface area contributed by atoms with Crippen molar-refractivity contribution >= 4 is 39.8 Å². The summed E-state index contributed by atoms with van der Waals surface area (Å²) in [4.78, 5) is 6.70. The standard InChI is InChI=1S/C14H27N3O3S.HI/c1-4-15-13(16-10-12-6-5-8-20-12)17-7-9-21(18,19)14(2,3)11-17;/h12H,4-11H2,1-3H3,(H,15,16);1H. The molecule has 6 nitrogen and oxygen atoms in total. The maximum Gasteiger partial charge on any atom is 0.194 e. The lowest BCUT2D eigenvalue weighted by atomic mass is 10.2. The minimum Gasteiger partial charge on any atom is -0.376 e. The quantitative estimate of drug-likeness (QED) is 0.403. The number of aliphatic imine (C=N–C) groups is 1. The van der Waals surface area contributed by atoms with Gasteiger partial charge in [-0.1, -0.05) is 0 Å². The first-order valence-electron chi connectivity index (χ1n) is 7.73. The van der Waals surface area contributed by atoms with Crippen LogP contribution >= 0.6 is 24.0 Å². The van der Waals surface area contributed by atoms with Crippen LogP contribution in [0.1, 0.15) is 33.6 Å². The second-order valence-electron chi connectivity index (χ2n) is 6.33. The number of sulfone groups is 1. The summed E-state index contributed by atoms with van der Waals surface area (Å²) in [7, 11) is -3.02. The van der Waals surface area contributed by atoms with E-state index in [-0.39, 0.29) is 35.8 Å². The van der Waals surface area contributed by atoms with Gasteiger partial charge in [0.15, 0.2) is 15.8 Å². The summed E-state index contributed by atoms with van der Waals surface area (Å²) in [5.74, 6) is 0.987. The zero-order valence-corrected chi connectivity index (χ0v) is 16.8. The number of ether oxygens (including phenoxy) is 1. The highest BCUT2D eigenvalue weighted by atomic mass is 127. The van der Waals surface area contributed by atoms with Crippen molar-refractivity contribution in [3.63, 3.8) is 0 Å². The molecule has 0 amide bonds. The van der Waals surface area contributed by atoms with Gasteiger partial charge in [-0.25, -0.2) is 8.42 Å². The van der Waals surface area contributed by atoms with Gasteiger partial charge in [0.05, 0.1) is 23.1 Å². The summed E-state index contributed by atoms with van der Waals surface area (Å²) in [6, 6.07) is 0. The number of nitrogens with one attached hydrogen (secondary N) is 1. The fourth-order valence-electron chi connectivity index (χ4n) is 2.73. The average molecular weight is 445 g/mol. The molecule has 1 atom stereocenters. The molecule has 2 aliphatic rings. The fourth-order valence-corrected chi connectivity index (χ4v) is 4.09. The number of rotatable bonds is 3. The van der Waals surface area contributed by atoms with Crippen molar-refractivity contribution in [2.45, 2.75) is 44.5 Å². The van der Waals surface area contributed by atoms with E-state index in [1.54, 1.807) is 13.8 Å². The van der Waals surface area contributed by atoms with Gasteiger partial charge in [-0.05, 0) is 33.6 Å². The largest absolute Gasteiger partial charge is 0.376 e. The molecule has 1 N–H and O–H groups in total. The monoisotopic (exact) mass is 445 g/mol. The molecule has 2 fully saturated rings. The molecule has 2 saturated heterocycles. The van der Waals surface area contributed by atoms with E-state index >= 15 is 0 Å². The molecule has 0 spiro atoms. The van der Waals surface area contributed by atoms with Crippen LogP contribution in [0.4, 0.5) is 0 Å². The first kappa shape index (κ1) is 20.0. The SMILES string of the molecule is CCNC(=NCC1CCCO1)N1CCS(=O)(=O)C(C)(C)C1.I. The van der Waals surface area contributed by atoms with Crippen LogP contribution < -0.4 is 5.32 Å². The third-order valence-corrected chi connectivity index (χ3v) is 6.68. The first-order valence-corrected chi connectivity index (χ1v) is 9.38. The Morgan fingerprint density at radius 1 is 1.45 bits per heavy atom. The van der Waals surface area contributed by atoms with E-state index in [1.807, 2.05) is 6.92 Å². The van der Waals surface area contributed by atoms with Crippen molar-refractivity contribution in [2.75, 3.05) is 38.5 Å². The maximum atomic E-state index is 12.1. The second-order valence-corrected chi connectivity index (χ2v) is 9.07. The Morgan fingerprint density at radius 2 is 2.18 bits per heavy atom. The Hall–Kier alpha value is -0.0900. The smallest absolute Gasteiger partial charge is 0.194 e. The normalized spacial score (nSPS) is 27.3. The summed E-state index contributed by atoms with van der Waals surface area (Å²) >= 11 is 0. The van der Waals surface area contributed by atoms with Crippen LogP contribution in [0.2, 0.25) is 0 Å². The van der Waals surface area contributed by atoms with Crippen molar-refractivity contribution in [1.29, 1.82) is 0 Å². The molecule has 8 heteroatoms. The Labute approximate surface area is 151 Å². The zero-order valence-electron chi connectivity index (χ0n) is 13.7. The van der Waals surface area contributed by atoms with Crippen molar-refractivity contribution in [3.05, 3.63) is 0 Å². The predicted octanol–water partition coefficient (Wildman–Crippen LogP) is 1.26. The Bertz CT molecular complexity index is 488. The molecule has 22 heavy (non-hydrogen) atoms. The van der Waals surface area contributed by atoms with Gasteiger partial charge in [-0.15, -0.1) is 24.0 Å². The number of hydrogen-bond donors (Lipinski definition) is 1. The molecule has 130 valence electrons. The molecule has 1 unspecified atom stereocenters. The van der Waals surface area contributed by atoms with Gasteiger partial charge in [0.1, 0.15) is 0 Å². The van der Waals surface area contributed by atoms with Crippen LogP contribution in [-0.2, 0) is 14.6 Å². The zero-order chi connectivity index (χ0) is 15.5. The molecular weight excluding hydrogens is 417 g/mol. The van der Waals surface area contributed by atoms with E-state index < -0.39 is 14.6 Å². The molecule has 2 aliphatic heterocycles. The van der Waals surface area contributed by atoms with Crippen LogP contribution in [0.3, 0.4) is 0 Å². The van der Waals surface area contributed by atoms with E-state index in [0.29, 0.717) is 19.6 Å². The molecular formula is C14H28IN3O3S. The number of hydrogen-bond acceptors (Lipinski definition) is 4. The molecule has 0 bridgehead atoms. The maximum absolute atomic E-state index is 12.1. The number of guanidine groups is 1. The third-order valence-electron chi connectivity index (χ3n) is 4.15. The Kier molecular flexibility index (Phi) is 7.38. The highest BCUT2D eigenvalue weighted by Crippen LogP contribution is 2.23. The number of halogens is 1. The summed E-state index contributed by atoms with van der Waals surface area (Å²) in [6.45, 7) is 8.82. The van der Waals surface area contributed by atoms with Gasteiger partial charge in [-0.2, -0.15) is 0 Å². The van der Waals surface area contributed by atoms with Crippen LogP contribution in [0.5, 0.6) is 0 Å². The van der Waals surface area contributed by atoms with Gasteiger partial charge in [0.25, 0.3) is 0 Å². The van der Waals surface area contributed by atoms with Crippen LogP contribution in [0.15, 0.2) is 4.99 Å². The van der Waals surface area contributed by atoms with Crippen molar-refractivity contribution in [1.82, 2.24) is 10.2 Å². The molecule has 0 aliphatic carbocycles. The predicted molar refractivity (Wildman–Crippen MR) is 99.8 cm³/mol. The highest BCUT2D eigenvalue weighted by molar-refractivity contribution is 14.0. The lowest BCUT2D eigenvalue weighted by Gasteiger charge is -2.39. The van der Waals surface area contributed by atoms with Crippen LogP contribution in [-0.4, -0.2) is 68.7 Å². The highest BCUT2D eigenvalue weighted by Gasteiger charge is 2.41. The summed E-state index contributed by atoms with van der Waals surface area (Å²) in [5, 5.41) is 3.27. The minimum absolute atomic E-state index is 0. The van der Waals surface area contributed by atoms with E-state index in [9.17, 15) is 8.42 Å². The van der Waals surface area contributed by atoms with Crippen molar-refractivity contribution < 1.29 is 13.2 Å². The lowest BCUT2D eigenvalue weighted by Crippen LogP contribution is -2.57. The van der Waals surface area contributed by atoms with Crippen LogP contribution in [0.25, 0.3) is 0 Å². The summed E-state index contributed by atoms with van der Waals surface area (Å²) < 4.78 is 29.0. The Morgan fingerprint density at radius 3 is 2.73 bits per heavy atom.